The average Bonchev–Trinajstić information content (AvgIpc) is 2.67. The van der Waals surface area contributed by atoms with Gasteiger partial charge in [0.25, 0.3) is 5.91 Å². The molecule has 0 unspecified atom stereocenters. The third-order valence-electron chi connectivity index (χ3n) is 4.65. The smallest absolute Gasteiger partial charge is 0.251 e. The van der Waals surface area contributed by atoms with E-state index in [0.717, 1.165) is 22.3 Å². The zero-order chi connectivity index (χ0) is 21.2. The van der Waals surface area contributed by atoms with E-state index in [9.17, 15) is 4.79 Å². The van der Waals surface area contributed by atoms with Crippen LogP contribution in [0.15, 0.2) is 60.9 Å². The van der Waals surface area contributed by atoms with E-state index in [1.807, 2.05) is 75.6 Å². The normalized spacial score (nSPS) is 11.6. The molecule has 1 N–H and O–H groups in total. The first kappa shape index (κ1) is 21.1. The molecule has 0 aliphatic heterocycles. The van der Waals surface area contributed by atoms with Gasteiger partial charge in [0, 0.05) is 34.1 Å². The van der Waals surface area contributed by atoms with E-state index in [0.29, 0.717) is 16.5 Å². The number of hydrogen-bond donors (Lipinski definition) is 1. The van der Waals surface area contributed by atoms with Crippen molar-refractivity contribution in [1.29, 1.82) is 0 Å². The highest BCUT2D eigenvalue weighted by Crippen LogP contribution is 2.33. The summed E-state index contributed by atoms with van der Waals surface area (Å²) in [5.74, 6) is 0.253. The lowest BCUT2D eigenvalue weighted by Crippen LogP contribution is -2.40. The van der Waals surface area contributed by atoms with Crippen LogP contribution in [0.1, 0.15) is 56.5 Å². The summed E-state index contributed by atoms with van der Waals surface area (Å²) in [5, 5.41) is 3.75. The van der Waals surface area contributed by atoms with Crippen molar-refractivity contribution in [2.45, 2.75) is 46.1 Å². The first-order chi connectivity index (χ1) is 13.6. The molecule has 3 rings (SSSR count). The van der Waals surface area contributed by atoms with Crippen molar-refractivity contribution < 1.29 is 4.79 Å². The molecule has 0 aliphatic carbocycles. The highest BCUT2D eigenvalue weighted by Gasteiger charge is 2.18. The third-order valence-corrected chi connectivity index (χ3v) is 4.90. The number of carbonyl (C=O) groups is 1. The number of nitrogens with zero attached hydrogens (tertiary/aromatic N) is 1. The SMILES string of the molecule is CC(C)c1ccncc1-c1cc(C(=O)NC(C)(C)C)cc(-c2ccc(Cl)cc2)c1. The fraction of sp³-hybridized carbons (Fsp3) is 0.280. The fourth-order valence-corrected chi connectivity index (χ4v) is 3.41. The number of halogens is 1. The Morgan fingerprint density at radius 3 is 2.24 bits per heavy atom. The molecule has 4 heteroatoms. The van der Waals surface area contributed by atoms with Crippen molar-refractivity contribution in [1.82, 2.24) is 10.3 Å². The topological polar surface area (TPSA) is 42.0 Å². The molecule has 1 amide bonds. The van der Waals surface area contributed by atoms with Crippen LogP contribution >= 0.6 is 11.6 Å². The summed E-state index contributed by atoms with van der Waals surface area (Å²) in [4.78, 5) is 17.3. The highest BCUT2D eigenvalue weighted by atomic mass is 35.5. The van der Waals surface area contributed by atoms with Crippen LogP contribution in [0.25, 0.3) is 22.3 Å². The summed E-state index contributed by atoms with van der Waals surface area (Å²) in [6.45, 7) is 10.3. The van der Waals surface area contributed by atoms with Crippen LogP contribution in [-0.4, -0.2) is 16.4 Å². The van der Waals surface area contributed by atoms with Gasteiger partial charge in [-0.1, -0.05) is 37.6 Å². The van der Waals surface area contributed by atoms with Crippen molar-refractivity contribution >= 4 is 17.5 Å². The van der Waals surface area contributed by atoms with Crippen LogP contribution in [0.4, 0.5) is 0 Å². The van der Waals surface area contributed by atoms with Crippen molar-refractivity contribution in [3.8, 4) is 22.3 Å². The Morgan fingerprint density at radius 1 is 0.966 bits per heavy atom. The fourth-order valence-electron chi connectivity index (χ4n) is 3.29. The van der Waals surface area contributed by atoms with Crippen LogP contribution in [0, 0.1) is 0 Å². The number of rotatable bonds is 4. The molecule has 0 atom stereocenters. The van der Waals surface area contributed by atoms with Gasteiger partial charge in [-0.25, -0.2) is 0 Å². The Bertz CT molecular complexity index is 1020. The molecule has 1 aromatic heterocycles. The van der Waals surface area contributed by atoms with Gasteiger partial charge in [0.15, 0.2) is 0 Å². The van der Waals surface area contributed by atoms with Crippen LogP contribution in [-0.2, 0) is 0 Å². The second-order valence-corrected chi connectivity index (χ2v) is 9.06. The lowest BCUT2D eigenvalue weighted by atomic mass is 9.91. The van der Waals surface area contributed by atoms with Gasteiger partial charge in [0.1, 0.15) is 0 Å². The summed E-state index contributed by atoms with van der Waals surface area (Å²) in [7, 11) is 0. The molecule has 150 valence electrons. The monoisotopic (exact) mass is 406 g/mol. The van der Waals surface area contributed by atoms with Crippen LogP contribution in [0.3, 0.4) is 0 Å². The molecule has 1 heterocycles. The lowest BCUT2D eigenvalue weighted by molar-refractivity contribution is 0.0919. The van der Waals surface area contributed by atoms with E-state index in [1.165, 1.54) is 5.56 Å². The zero-order valence-corrected chi connectivity index (χ0v) is 18.3. The first-order valence-corrected chi connectivity index (χ1v) is 10.2. The molecule has 0 spiro atoms. The van der Waals surface area contributed by atoms with E-state index in [1.54, 1.807) is 0 Å². The van der Waals surface area contributed by atoms with Crippen molar-refractivity contribution in [3.05, 3.63) is 77.1 Å². The third kappa shape index (κ3) is 5.24. The summed E-state index contributed by atoms with van der Waals surface area (Å²) in [6, 6.07) is 15.7. The minimum absolute atomic E-state index is 0.0930. The van der Waals surface area contributed by atoms with E-state index in [-0.39, 0.29) is 11.4 Å². The van der Waals surface area contributed by atoms with Gasteiger partial charge < -0.3 is 5.32 Å². The van der Waals surface area contributed by atoms with E-state index in [4.69, 9.17) is 11.6 Å². The molecule has 0 bridgehead atoms. The summed E-state index contributed by atoms with van der Waals surface area (Å²) < 4.78 is 0. The van der Waals surface area contributed by atoms with E-state index >= 15 is 0 Å². The molecule has 3 aromatic rings. The van der Waals surface area contributed by atoms with Crippen molar-refractivity contribution in [3.63, 3.8) is 0 Å². The van der Waals surface area contributed by atoms with E-state index < -0.39 is 0 Å². The predicted octanol–water partition coefficient (Wildman–Crippen LogP) is 6.72. The molecule has 3 nitrogen and oxygen atoms in total. The van der Waals surface area contributed by atoms with Crippen LogP contribution < -0.4 is 5.32 Å². The maximum Gasteiger partial charge on any atom is 0.251 e. The second-order valence-electron chi connectivity index (χ2n) is 8.63. The first-order valence-electron chi connectivity index (χ1n) is 9.82. The number of amides is 1. The number of benzene rings is 2. The Hall–Kier alpha value is -2.65. The Kier molecular flexibility index (Phi) is 6.09. The van der Waals surface area contributed by atoms with Gasteiger partial charge in [-0.3, -0.25) is 9.78 Å². The van der Waals surface area contributed by atoms with Crippen LogP contribution in [0.2, 0.25) is 5.02 Å². The Morgan fingerprint density at radius 2 is 1.62 bits per heavy atom. The minimum atomic E-state index is -0.315. The highest BCUT2D eigenvalue weighted by molar-refractivity contribution is 6.30. The number of hydrogen-bond acceptors (Lipinski definition) is 2. The van der Waals surface area contributed by atoms with Crippen molar-refractivity contribution in [2.24, 2.45) is 0 Å². The average molecular weight is 407 g/mol. The predicted molar refractivity (Wildman–Crippen MR) is 121 cm³/mol. The summed E-state index contributed by atoms with van der Waals surface area (Å²) >= 11 is 6.06. The molecular formula is C25H27ClN2O. The number of pyridine rings is 1. The van der Waals surface area contributed by atoms with Gasteiger partial charge >= 0.3 is 0 Å². The molecule has 0 saturated carbocycles. The minimum Gasteiger partial charge on any atom is -0.347 e. The van der Waals surface area contributed by atoms with E-state index in [2.05, 4.69) is 30.2 Å². The maximum atomic E-state index is 13.0. The Labute approximate surface area is 178 Å². The van der Waals surface area contributed by atoms with Gasteiger partial charge in [-0.15, -0.1) is 0 Å². The summed E-state index contributed by atoms with van der Waals surface area (Å²) in [5.41, 5.74) is 5.52. The lowest BCUT2D eigenvalue weighted by Gasteiger charge is -2.21. The molecule has 0 radical (unpaired) electrons. The Balaban J connectivity index is 2.18. The van der Waals surface area contributed by atoms with Gasteiger partial charge in [0.2, 0.25) is 0 Å². The standard InChI is InChI=1S/C25H27ClN2O/c1-16(2)22-10-11-27-15-23(22)19-12-18(17-6-8-21(26)9-7-17)13-20(14-19)24(29)28-25(3,4)5/h6-16H,1-5H3,(H,28,29). The molecule has 0 saturated heterocycles. The quantitative estimate of drug-likeness (QED) is 0.522. The largest absolute Gasteiger partial charge is 0.347 e. The molecule has 0 fully saturated rings. The number of carbonyl (C=O) groups excluding carboxylic acids is 1. The molecule has 2 aromatic carbocycles. The maximum absolute atomic E-state index is 13.0. The molecule has 0 aliphatic rings. The zero-order valence-electron chi connectivity index (χ0n) is 17.6. The molecular weight excluding hydrogens is 380 g/mol. The number of aromatic nitrogens is 1. The second kappa shape index (κ2) is 8.38. The molecule has 29 heavy (non-hydrogen) atoms. The summed E-state index contributed by atoms with van der Waals surface area (Å²) in [6.07, 6.45) is 3.69. The van der Waals surface area contributed by atoms with Gasteiger partial charge in [0.05, 0.1) is 0 Å². The van der Waals surface area contributed by atoms with Gasteiger partial charge in [-0.05, 0) is 85.3 Å². The van der Waals surface area contributed by atoms with Gasteiger partial charge in [-0.2, -0.15) is 0 Å². The van der Waals surface area contributed by atoms with Crippen molar-refractivity contribution in [2.75, 3.05) is 0 Å². The number of nitrogens with one attached hydrogen (secondary N) is 1. The van der Waals surface area contributed by atoms with Crippen LogP contribution in [0.5, 0.6) is 0 Å².